The maximum Gasteiger partial charge on any atom is 0.119 e. The van der Waals surface area contributed by atoms with Gasteiger partial charge in [0.05, 0.1) is 7.11 Å². The Balaban J connectivity index is 2.14. The smallest absolute Gasteiger partial charge is 0.119 e. The molecule has 0 radical (unpaired) electrons. The fourth-order valence-electron chi connectivity index (χ4n) is 1.64. The van der Waals surface area contributed by atoms with E-state index in [2.05, 4.69) is 37.2 Å². The van der Waals surface area contributed by atoms with Crippen LogP contribution in [0.4, 0.5) is 5.69 Å². The molecule has 2 nitrogen and oxygen atoms in total. The zero-order valence-electron chi connectivity index (χ0n) is 10.2. The van der Waals surface area contributed by atoms with Crippen LogP contribution in [0, 0.1) is 0 Å². The van der Waals surface area contributed by atoms with Crippen molar-refractivity contribution in [3.63, 3.8) is 0 Å². The second-order valence-corrected chi connectivity index (χ2v) is 6.08. The van der Waals surface area contributed by atoms with Crippen molar-refractivity contribution in [1.82, 2.24) is 0 Å². The first kappa shape index (κ1) is 14.7. The third-order valence-electron chi connectivity index (χ3n) is 2.65. The lowest BCUT2D eigenvalue weighted by molar-refractivity contribution is 0.414. The Bertz CT molecular complexity index is 590. The van der Waals surface area contributed by atoms with Crippen molar-refractivity contribution in [2.75, 3.05) is 12.4 Å². The highest BCUT2D eigenvalue weighted by Crippen LogP contribution is 2.28. The van der Waals surface area contributed by atoms with E-state index in [1.54, 1.807) is 7.11 Å². The fraction of sp³-hybridized carbons (Fsp3) is 0.143. The molecule has 0 amide bonds. The quantitative estimate of drug-likeness (QED) is 0.727. The van der Waals surface area contributed by atoms with Gasteiger partial charge in [-0.2, -0.15) is 0 Å². The van der Waals surface area contributed by atoms with Crippen molar-refractivity contribution in [2.24, 2.45) is 0 Å². The molecule has 5 heteroatoms. The Morgan fingerprint density at radius 3 is 2.58 bits per heavy atom. The number of benzene rings is 2. The SMILES string of the molecule is COc1ccc(Br)c(CNc2ccc(Cl)cc2Br)c1. The molecule has 0 fully saturated rings. The van der Waals surface area contributed by atoms with Crippen LogP contribution in [0.5, 0.6) is 5.75 Å². The summed E-state index contributed by atoms with van der Waals surface area (Å²) in [6, 6.07) is 11.6. The second kappa shape index (κ2) is 6.64. The summed E-state index contributed by atoms with van der Waals surface area (Å²) in [5.74, 6) is 0.843. The summed E-state index contributed by atoms with van der Waals surface area (Å²) >= 11 is 12.9. The summed E-state index contributed by atoms with van der Waals surface area (Å²) in [6.45, 7) is 0.692. The summed E-state index contributed by atoms with van der Waals surface area (Å²) in [4.78, 5) is 0. The third kappa shape index (κ3) is 3.88. The highest BCUT2D eigenvalue weighted by molar-refractivity contribution is 9.11. The Morgan fingerprint density at radius 1 is 1.11 bits per heavy atom. The molecular weight excluding hydrogens is 393 g/mol. The molecule has 100 valence electrons. The lowest BCUT2D eigenvalue weighted by Gasteiger charge is -2.11. The van der Waals surface area contributed by atoms with E-state index in [0.29, 0.717) is 11.6 Å². The third-order valence-corrected chi connectivity index (χ3v) is 4.32. The second-order valence-electron chi connectivity index (χ2n) is 3.94. The first-order valence-electron chi connectivity index (χ1n) is 5.61. The summed E-state index contributed by atoms with van der Waals surface area (Å²) in [7, 11) is 1.66. The minimum atomic E-state index is 0.692. The van der Waals surface area contributed by atoms with Gasteiger partial charge in [-0.05, 0) is 57.9 Å². The van der Waals surface area contributed by atoms with E-state index in [-0.39, 0.29) is 0 Å². The van der Waals surface area contributed by atoms with Gasteiger partial charge in [0, 0.05) is 26.2 Å². The molecule has 0 saturated carbocycles. The predicted octanol–water partition coefficient (Wildman–Crippen LogP) is 5.49. The Kier molecular flexibility index (Phi) is 5.13. The van der Waals surface area contributed by atoms with E-state index in [1.165, 1.54) is 0 Å². The van der Waals surface area contributed by atoms with Gasteiger partial charge < -0.3 is 10.1 Å². The summed E-state index contributed by atoms with van der Waals surface area (Å²) < 4.78 is 7.22. The first-order valence-corrected chi connectivity index (χ1v) is 7.58. The molecule has 0 aliphatic heterocycles. The predicted molar refractivity (Wildman–Crippen MR) is 87.2 cm³/mol. The first-order chi connectivity index (χ1) is 9.10. The van der Waals surface area contributed by atoms with Crippen molar-refractivity contribution in [2.45, 2.75) is 6.54 Å². The van der Waals surface area contributed by atoms with Gasteiger partial charge in [-0.3, -0.25) is 0 Å². The molecule has 0 aliphatic carbocycles. The van der Waals surface area contributed by atoms with Crippen LogP contribution >= 0.6 is 43.5 Å². The van der Waals surface area contributed by atoms with Crippen LogP contribution in [0.2, 0.25) is 5.02 Å². The van der Waals surface area contributed by atoms with Crippen molar-refractivity contribution in [3.8, 4) is 5.75 Å². The lowest BCUT2D eigenvalue weighted by Crippen LogP contribution is -2.01. The molecule has 0 bridgehead atoms. The van der Waals surface area contributed by atoms with Gasteiger partial charge in [-0.1, -0.05) is 27.5 Å². The molecule has 0 aromatic heterocycles. The fourth-order valence-corrected chi connectivity index (χ4v) is 2.85. The van der Waals surface area contributed by atoms with E-state index >= 15 is 0 Å². The largest absolute Gasteiger partial charge is 0.497 e. The van der Waals surface area contributed by atoms with Gasteiger partial charge in [0.15, 0.2) is 0 Å². The molecule has 0 unspecified atom stereocenters. The summed E-state index contributed by atoms with van der Waals surface area (Å²) in [5, 5.41) is 4.07. The van der Waals surface area contributed by atoms with Gasteiger partial charge in [-0.25, -0.2) is 0 Å². The molecule has 0 atom stereocenters. The van der Waals surface area contributed by atoms with Gasteiger partial charge in [-0.15, -0.1) is 0 Å². The highest BCUT2D eigenvalue weighted by atomic mass is 79.9. The maximum atomic E-state index is 5.92. The van der Waals surface area contributed by atoms with Crippen molar-refractivity contribution >= 4 is 49.1 Å². The maximum absolute atomic E-state index is 5.92. The number of halogens is 3. The Morgan fingerprint density at radius 2 is 1.89 bits per heavy atom. The van der Waals surface area contributed by atoms with E-state index in [4.69, 9.17) is 16.3 Å². The molecule has 0 heterocycles. The number of hydrogen-bond donors (Lipinski definition) is 1. The Labute approximate surface area is 134 Å². The highest BCUT2D eigenvalue weighted by Gasteiger charge is 2.04. The monoisotopic (exact) mass is 403 g/mol. The van der Waals surface area contributed by atoms with Gasteiger partial charge in [0.2, 0.25) is 0 Å². The summed E-state index contributed by atoms with van der Waals surface area (Å²) in [5.41, 5.74) is 2.13. The van der Waals surface area contributed by atoms with Crippen LogP contribution in [0.3, 0.4) is 0 Å². The lowest BCUT2D eigenvalue weighted by atomic mass is 10.2. The number of nitrogens with one attached hydrogen (secondary N) is 1. The van der Waals surface area contributed by atoms with Crippen LogP contribution in [0.15, 0.2) is 45.3 Å². The molecule has 0 saturated heterocycles. The standard InChI is InChI=1S/C14H12Br2ClNO/c1-19-11-3-4-12(15)9(6-11)8-18-14-5-2-10(17)7-13(14)16/h2-7,18H,8H2,1H3. The number of rotatable bonds is 4. The molecule has 0 aliphatic rings. The van der Waals surface area contributed by atoms with Gasteiger partial charge in [0.1, 0.15) is 5.75 Å². The van der Waals surface area contributed by atoms with Crippen molar-refractivity contribution in [3.05, 3.63) is 55.9 Å². The van der Waals surface area contributed by atoms with Crippen LogP contribution in [-0.4, -0.2) is 7.11 Å². The number of hydrogen-bond acceptors (Lipinski definition) is 2. The van der Waals surface area contributed by atoms with Crippen LogP contribution in [0.1, 0.15) is 5.56 Å². The van der Waals surface area contributed by atoms with Crippen molar-refractivity contribution in [1.29, 1.82) is 0 Å². The average molecular weight is 406 g/mol. The molecule has 2 aromatic rings. The number of anilines is 1. The van der Waals surface area contributed by atoms with Crippen LogP contribution in [-0.2, 0) is 6.54 Å². The van der Waals surface area contributed by atoms with Gasteiger partial charge >= 0.3 is 0 Å². The molecule has 2 aromatic carbocycles. The van der Waals surface area contributed by atoms with E-state index < -0.39 is 0 Å². The van der Waals surface area contributed by atoms with E-state index in [9.17, 15) is 0 Å². The van der Waals surface area contributed by atoms with Crippen LogP contribution in [0.25, 0.3) is 0 Å². The zero-order chi connectivity index (χ0) is 13.8. The minimum absolute atomic E-state index is 0.692. The molecule has 19 heavy (non-hydrogen) atoms. The molecule has 1 N–H and O–H groups in total. The minimum Gasteiger partial charge on any atom is -0.497 e. The van der Waals surface area contributed by atoms with Crippen molar-refractivity contribution < 1.29 is 4.74 Å². The van der Waals surface area contributed by atoms with E-state index in [0.717, 1.165) is 25.9 Å². The summed E-state index contributed by atoms with van der Waals surface area (Å²) in [6.07, 6.45) is 0. The molecular formula is C14H12Br2ClNO. The topological polar surface area (TPSA) is 21.3 Å². The zero-order valence-corrected chi connectivity index (χ0v) is 14.1. The Hall–Kier alpha value is -0.710. The van der Waals surface area contributed by atoms with Gasteiger partial charge in [0.25, 0.3) is 0 Å². The van der Waals surface area contributed by atoms with Crippen LogP contribution < -0.4 is 10.1 Å². The molecule has 2 rings (SSSR count). The normalized spacial score (nSPS) is 10.3. The number of ether oxygens (including phenoxy) is 1. The average Bonchev–Trinajstić information content (AvgIpc) is 2.39. The number of methoxy groups -OCH3 is 1. The van der Waals surface area contributed by atoms with E-state index in [1.807, 2.05) is 36.4 Å². The molecule has 0 spiro atoms.